The van der Waals surface area contributed by atoms with Gasteiger partial charge < -0.3 is 15.6 Å². The second-order valence-electron chi connectivity index (χ2n) is 4.79. The number of unbranched alkanes of at least 4 members (excludes halogenated alkanes) is 2. The van der Waals surface area contributed by atoms with Gasteiger partial charge in [-0.05, 0) is 50.6 Å². The molecule has 1 atom stereocenters. The highest BCUT2D eigenvalue weighted by Gasteiger charge is 2.15. The van der Waals surface area contributed by atoms with Crippen LogP contribution in [0.15, 0.2) is 24.3 Å². The van der Waals surface area contributed by atoms with E-state index in [9.17, 15) is 0 Å². The standard InChI is InChI=1S/C15H26N2O2/c1-17(9-4-3-5-10-18)15(12-16)13-7-6-8-14(11-13)19-2/h6-8,11,15,18H,3-5,9-10,12,16H2,1-2H3. The number of ether oxygens (including phenoxy) is 1. The molecule has 4 nitrogen and oxygen atoms in total. The summed E-state index contributed by atoms with van der Waals surface area (Å²) in [6.07, 6.45) is 3.01. The Kier molecular flexibility index (Phi) is 7.48. The van der Waals surface area contributed by atoms with Gasteiger partial charge in [0.25, 0.3) is 0 Å². The predicted molar refractivity (Wildman–Crippen MR) is 78.4 cm³/mol. The molecule has 0 aromatic heterocycles. The predicted octanol–water partition coefficient (Wildman–Crippen LogP) is 1.79. The fraction of sp³-hybridized carbons (Fsp3) is 0.600. The first-order valence-electron chi connectivity index (χ1n) is 6.88. The van der Waals surface area contributed by atoms with E-state index in [0.717, 1.165) is 31.6 Å². The highest BCUT2D eigenvalue weighted by molar-refractivity contribution is 5.30. The lowest BCUT2D eigenvalue weighted by molar-refractivity contribution is 0.235. The maximum Gasteiger partial charge on any atom is 0.119 e. The van der Waals surface area contributed by atoms with Gasteiger partial charge in [-0.15, -0.1) is 0 Å². The first-order chi connectivity index (χ1) is 9.22. The Balaban J connectivity index is 2.59. The number of likely N-dealkylation sites (N-methyl/N-ethyl adjacent to an activating group) is 1. The van der Waals surface area contributed by atoms with Crippen LogP contribution >= 0.6 is 0 Å². The summed E-state index contributed by atoms with van der Waals surface area (Å²) in [5.74, 6) is 0.865. The number of rotatable bonds is 9. The van der Waals surface area contributed by atoms with Crippen LogP contribution in [0.3, 0.4) is 0 Å². The average molecular weight is 266 g/mol. The fourth-order valence-electron chi connectivity index (χ4n) is 2.22. The molecule has 108 valence electrons. The zero-order chi connectivity index (χ0) is 14.1. The van der Waals surface area contributed by atoms with Crippen molar-refractivity contribution in [2.75, 3.05) is 33.9 Å². The third kappa shape index (κ3) is 5.19. The minimum atomic E-state index is 0.212. The van der Waals surface area contributed by atoms with Crippen LogP contribution in [0.4, 0.5) is 0 Å². The van der Waals surface area contributed by atoms with Gasteiger partial charge in [-0.25, -0.2) is 0 Å². The molecule has 0 aliphatic rings. The van der Waals surface area contributed by atoms with Crippen molar-refractivity contribution in [1.29, 1.82) is 0 Å². The number of nitrogens with two attached hydrogens (primary N) is 1. The van der Waals surface area contributed by atoms with Crippen molar-refractivity contribution >= 4 is 0 Å². The van der Waals surface area contributed by atoms with Gasteiger partial charge in [0.1, 0.15) is 5.75 Å². The maximum absolute atomic E-state index is 8.78. The van der Waals surface area contributed by atoms with E-state index in [-0.39, 0.29) is 12.6 Å². The van der Waals surface area contributed by atoms with Crippen molar-refractivity contribution in [3.05, 3.63) is 29.8 Å². The van der Waals surface area contributed by atoms with Crippen LogP contribution in [0.1, 0.15) is 30.9 Å². The quantitative estimate of drug-likeness (QED) is 0.669. The molecule has 0 amide bonds. The van der Waals surface area contributed by atoms with E-state index >= 15 is 0 Å². The Bertz CT molecular complexity index is 358. The molecule has 1 aromatic rings. The van der Waals surface area contributed by atoms with Crippen LogP contribution in [0.5, 0.6) is 5.75 Å². The van der Waals surface area contributed by atoms with Gasteiger partial charge >= 0.3 is 0 Å². The van der Waals surface area contributed by atoms with Crippen molar-refractivity contribution < 1.29 is 9.84 Å². The van der Waals surface area contributed by atoms with Crippen molar-refractivity contribution in [2.24, 2.45) is 5.73 Å². The molecule has 1 unspecified atom stereocenters. The average Bonchev–Trinajstić information content (AvgIpc) is 2.44. The van der Waals surface area contributed by atoms with E-state index in [2.05, 4.69) is 18.0 Å². The van der Waals surface area contributed by atoms with Crippen LogP contribution in [-0.2, 0) is 0 Å². The van der Waals surface area contributed by atoms with E-state index in [4.69, 9.17) is 15.6 Å². The van der Waals surface area contributed by atoms with Crippen LogP contribution in [-0.4, -0.2) is 43.9 Å². The van der Waals surface area contributed by atoms with Gasteiger partial charge in [0, 0.05) is 19.2 Å². The number of nitrogens with zero attached hydrogens (tertiary/aromatic N) is 1. The summed E-state index contributed by atoms with van der Waals surface area (Å²) in [7, 11) is 3.77. The molecule has 0 radical (unpaired) electrons. The minimum Gasteiger partial charge on any atom is -0.497 e. The summed E-state index contributed by atoms with van der Waals surface area (Å²) in [6.45, 7) is 1.85. The van der Waals surface area contributed by atoms with Crippen molar-refractivity contribution in [2.45, 2.75) is 25.3 Å². The monoisotopic (exact) mass is 266 g/mol. The van der Waals surface area contributed by atoms with E-state index in [1.54, 1.807) is 7.11 Å². The van der Waals surface area contributed by atoms with Crippen LogP contribution in [0, 0.1) is 0 Å². The Morgan fingerprint density at radius 2 is 2.11 bits per heavy atom. The largest absolute Gasteiger partial charge is 0.497 e. The second kappa shape index (κ2) is 8.91. The maximum atomic E-state index is 8.78. The van der Waals surface area contributed by atoms with E-state index < -0.39 is 0 Å². The Morgan fingerprint density at radius 3 is 2.74 bits per heavy atom. The molecule has 3 N–H and O–H groups in total. The normalized spacial score (nSPS) is 12.7. The molecule has 0 aliphatic carbocycles. The SMILES string of the molecule is COc1cccc(C(CN)N(C)CCCCCO)c1. The summed E-state index contributed by atoms with van der Waals surface area (Å²) in [6, 6.07) is 8.28. The van der Waals surface area contributed by atoms with Gasteiger partial charge in [-0.2, -0.15) is 0 Å². The van der Waals surface area contributed by atoms with Crippen molar-refractivity contribution in [1.82, 2.24) is 4.90 Å². The van der Waals surface area contributed by atoms with Crippen LogP contribution in [0.2, 0.25) is 0 Å². The lowest BCUT2D eigenvalue weighted by Gasteiger charge is -2.27. The molecule has 0 spiro atoms. The summed E-state index contributed by atoms with van der Waals surface area (Å²) in [4.78, 5) is 2.27. The van der Waals surface area contributed by atoms with E-state index in [1.807, 2.05) is 18.2 Å². The smallest absolute Gasteiger partial charge is 0.119 e. The topological polar surface area (TPSA) is 58.7 Å². The summed E-state index contributed by atoms with van der Waals surface area (Å²) < 4.78 is 5.26. The van der Waals surface area contributed by atoms with Gasteiger partial charge in [0.15, 0.2) is 0 Å². The number of hydrogen-bond acceptors (Lipinski definition) is 4. The molecule has 0 heterocycles. The fourth-order valence-corrected chi connectivity index (χ4v) is 2.22. The first-order valence-corrected chi connectivity index (χ1v) is 6.88. The molecule has 1 aromatic carbocycles. The van der Waals surface area contributed by atoms with Crippen LogP contribution in [0.25, 0.3) is 0 Å². The summed E-state index contributed by atoms with van der Waals surface area (Å²) >= 11 is 0. The number of benzene rings is 1. The molecule has 0 saturated carbocycles. The molecule has 19 heavy (non-hydrogen) atoms. The molecule has 0 saturated heterocycles. The number of methoxy groups -OCH3 is 1. The second-order valence-corrected chi connectivity index (χ2v) is 4.79. The molecular formula is C15H26N2O2. The number of aliphatic hydroxyl groups is 1. The molecule has 0 fully saturated rings. The zero-order valence-electron chi connectivity index (χ0n) is 12.0. The molecule has 0 aliphatic heterocycles. The summed E-state index contributed by atoms with van der Waals surface area (Å²) in [5, 5.41) is 8.78. The number of hydrogen-bond donors (Lipinski definition) is 2. The zero-order valence-corrected chi connectivity index (χ0v) is 12.0. The van der Waals surface area contributed by atoms with E-state index in [0.29, 0.717) is 6.54 Å². The Morgan fingerprint density at radius 1 is 1.32 bits per heavy atom. The third-order valence-corrected chi connectivity index (χ3v) is 3.40. The van der Waals surface area contributed by atoms with Crippen molar-refractivity contribution in [3.8, 4) is 5.75 Å². The number of aliphatic hydroxyl groups excluding tert-OH is 1. The molecule has 1 rings (SSSR count). The molecule has 4 heteroatoms. The highest BCUT2D eigenvalue weighted by Crippen LogP contribution is 2.22. The minimum absolute atomic E-state index is 0.212. The third-order valence-electron chi connectivity index (χ3n) is 3.40. The van der Waals surface area contributed by atoms with E-state index in [1.165, 1.54) is 5.56 Å². The molecular weight excluding hydrogens is 240 g/mol. The van der Waals surface area contributed by atoms with Gasteiger partial charge in [0.2, 0.25) is 0 Å². The Labute approximate surface area is 116 Å². The van der Waals surface area contributed by atoms with Gasteiger partial charge in [-0.1, -0.05) is 12.1 Å². The first kappa shape index (κ1) is 16.0. The van der Waals surface area contributed by atoms with Gasteiger partial charge in [-0.3, -0.25) is 4.90 Å². The lowest BCUT2D eigenvalue weighted by atomic mass is 10.0. The highest BCUT2D eigenvalue weighted by atomic mass is 16.5. The van der Waals surface area contributed by atoms with Crippen LogP contribution < -0.4 is 10.5 Å². The molecule has 0 bridgehead atoms. The van der Waals surface area contributed by atoms with Gasteiger partial charge in [0.05, 0.1) is 7.11 Å². The van der Waals surface area contributed by atoms with Crippen molar-refractivity contribution in [3.63, 3.8) is 0 Å². The summed E-state index contributed by atoms with van der Waals surface area (Å²) in [5.41, 5.74) is 7.09. The lowest BCUT2D eigenvalue weighted by Crippen LogP contribution is -2.31. The Hall–Kier alpha value is -1.10.